The lowest BCUT2D eigenvalue weighted by molar-refractivity contribution is -0.139. The smallest absolute Gasteiger partial charge is 0.320 e. The highest BCUT2D eigenvalue weighted by Crippen LogP contribution is 2.31. The largest absolute Gasteiger partial charge is 0.489 e. The Morgan fingerprint density at radius 3 is 2.65 bits per heavy atom. The van der Waals surface area contributed by atoms with Crippen molar-refractivity contribution >= 4 is 23.3 Å². The molecule has 1 aromatic heterocycles. The SMILES string of the molecule is CC(C)Oc1ccc(-c2noc(-c3ccc(NC4CNC(C(=O)O)C4)cc3)n2)cc1Cl. The van der Waals surface area contributed by atoms with E-state index in [0.29, 0.717) is 35.5 Å². The Morgan fingerprint density at radius 2 is 2.00 bits per heavy atom. The van der Waals surface area contributed by atoms with E-state index < -0.39 is 12.0 Å². The molecule has 31 heavy (non-hydrogen) atoms. The number of rotatable bonds is 7. The molecule has 0 amide bonds. The summed E-state index contributed by atoms with van der Waals surface area (Å²) < 4.78 is 11.1. The number of hydrogen-bond acceptors (Lipinski definition) is 7. The van der Waals surface area contributed by atoms with E-state index in [1.807, 2.05) is 44.2 Å². The van der Waals surface area contributed by atoms with Gasteiger partial charge in [-0.1, -0.05) is 16.8 Å². The molecule has 0 saturated carbocycles. The van der Waals surface area contributed by atoms with Crippen LogP contribution < -0.4 is 15.4 Å². The van der Waals surface area contributed by atoms with Gasteiger partial charge in [-0.05, 0) is 62.7 Å². The standard InChI is InChI=1S/C22H23ClN4O4/c1-12(2)30-19-8-5-14(9-17(19)23)20-26-21(31-27-20)13-3-6-15(7-4-13)25-16-10-18(22(28)29)24-11-16/h3-9,12,16,18,24-25H,10-11H2,1-2H3,(H,28,29). The van der Waals surface area contributed by atoms with Crippen molar-refractivity contribution in [1.29, 1.82) is 0 Å². The molecular weight excluding hydrogens is 420 g/mol. The van der Waals surface area contributed by atoms with Gasteiger partial charge in [-0.2, -0.15) is 4.98 Å². The van der Waals surface area contributed by atoms with Crippen molar-refractivity contribution in [3.63, 3.8) is 0 Å². The topological polar surface area (TPSA) is 110 Å². The molecule has 2 aromatic carbocycles. The Labute approximate surface area is 184 Å². The van der Waals surface area contributed by atoms with E-state index >= 15 is 0 Å². The van der Waals surface area contributed by atoms with Gasteiger partial charge in [0.15, 0.2) is 0 Å². The highest BCUT2D eigenvalue weighted by Gasteiger charge is 2.28. The lowest BCUT2D eigenvalue weighted by atomic mass is 10.1. The molecule has 1 aliphatic rings. The van der Waals surface area contributed by atoms with Crippen molar-refractivity contribution in [2.75, 3.05) is 11.9 Å². The zero-order chi connectivity index (χ0) is 22.0. The van der Waals surface area contributed by atoms with Gasteiger partial charge in [0.05, 0.1) is 11.1 Å². The molecule has 1 fully saturated rings. The molecule has 0 bridgehead atoms. The van der Waals surface area contributed by atoms with Crippen LogP contribution in [-0.2, 0) is 4.79 Å². The fraction of sp³-hybridized carbons (Fsp3) is 0.318. The third-order valence-corrected chi connectivity index (χ3v) is 5.21. The van der Waals surface area contributed by atoms with Crippen LogP contribution in [0.1, 0.15) is 20.3 Å². The van der Waals surface area contributed by atoms with Gasteiger partial charge in [0.1, 0.15) is 11.8 Å². The van der Waals surface area contributed by atoms with Crippen LogP contribution in [0, 0.1) is 0 Å². The van der Waals surface area contributed by atoms with Crippen LogP contribution in [0.3, 0.4) is 0 Å². The Hall–Kier alpha value is -3.10. The average Bonchev–Trinajstić information content (AvgIpc) is 3.40. The van der Waals surface area contributed by atoms with Gasteiger partial charge in [0, 0.05) is 29.4 Å². The van der Waals surface area contributed by atoms with Crippen LogP contribution in [0.25, 0.3) is 22.8 Å². The minimum absolute atomic E-state index is 0.0288. The number of carboxylic acids is 1. The molecule has 0 spiro atoms. The number of nitrogens with one attached hydrogen (secondary N) is 2. The second-order valence-corrected chi connectivity index (χ2v) is 8.10. The van der Waals surface area contributed by atoms with Gasteiger partial charge < -0.3 is 25.0 Å². The van der Waals surface area contributed by atoms with Crippen LogP contribution in [0.15, 0.2) is 47.0 Å². The summed E-state index contributed by atoms with van der Waals surface area (Å²) >= 11 is 6.31. The normalized spacial score (nSPS) is 18.3. The van der Waals surface area contributed by atoms with Crippen LogP contribution in [0.2, 0.25) is 5.02 Å². The molecular formula is C22H23ClN4O4. The monoisotopic (exact) mass is 442 g/mol. The minimum Gasteiger partial charge on any atom is -0.489 e. The quantitative estimate of drug-likeness (QED) is 0.502. The van der Waals surface area contributed by atoms with Crippen LogP contribution in [0.4, 0.5) is 5.69 Å². The Morgan fingerprint density at radius 1 is 1.26 bits per heavy atom. The molecule has 2 atom stereocenters. The maximum absolute atomic E-state index is 11.1. The Kier molecular flexibility index (Phi) is 6.11. The molecule has 3 aromatic rings. The molecule has 162 valence electrons. The first kappa shape index (κ1) is 21.1. The number of aliphatic carboxylic acids is 1. The fourth-order valence-corrected chi connectivity index (χ4v) is 3.65. The van der Waals surface area contributed by atoms with Crippen molar-refractivity contribution in [2.24, 2.45) is 0 Å². The van der Waals surface area contributed by atoms with Crippen molar-refractivity contribution in [3.05, 3.63) is 47.5 Å². The Bertz CT molecular complexity index is 1070. The second-order valence-electron chi connectivity index (χ2n) is 7.69. The van der Waals surface area contributed by atoms with Crippen molar-refractivity contribution in [3.8, 4) is 28.6 Å². The predicted molar refractivity (Wildman–Crippen MR) is 117 cm³/mol. The number of aromatic nitrogens is 2. The zero-order valence-corrected chi connectivity index (χ0v) is 17.9. The molecule has 8 nitrogen and oxygen atoms in total. The van der Waals surface area contributed by atoms with E-state index in [2.05, 4.69) is 20.8 Å². The number of hydrogen-bond donors (Lipinski definition) is 3. The summed E-state index contributed by atoms with van der Waals surface area (Å²) in [5.74, 6) is 0.621. The number of nitrogens with zero attached hydrogens (tertiary/aromatic N) is 2. The van der Waals surface area contributed by atoms with Crippen molar-refractivity contribution in [2.45, 2.75) is 38.5 Å². The molecule has 0 aliphatic carbocycles. The van der Waals surface area contributed by atoms with Gasteiger partial charge in [-0.25, -0.2) is 0 Å². The molecule has 2 unspecified atom stereocenters. The van der Waals surface area contributed by atoms with E-state index in [9.17, 15) is 4.79 Å². The maximum atomic E-state index is 11.1. The predicted octanol–water partition coefficient (Wildman–Crippen LogP) is 4.07. The first-order valence-electron chi connectivity index (χ1n) is 10.0. The van der Waals surface area contributed by atoms with Gasteiger partial charge in [-0.15, -0.1) is 0 Å². The molecule has 4 rings (SSSR count). The molecule has 1 aliphatic heterocycles. The van der Waals surface area contributed by atoms with Gasteiger partial charge in [-0.3, -0.25) is 4.79 Å². The summed E-state index contributed by atoms with van der Waals surface area (Å²) in [4.78, 5) is 15.5. The van der Waals surface area contributed by atoms with Crippen LogP contribution >= 0.6 is 11.6 Å². The summed E-state index contributed by atoms with van der Waals surface area (Å²) in [6.07, 6.45) is 0.564. The number of carbonyl (C=O) groups is 1. The van der Waals surface area contributed by atoms with Crippen molar-refractivity contribution in [1.82, 2.24) is 15.5 Å². The lowest BCUT2D eigenvalue weighted by Gasteiger charge is -2.13. The number of benzene rings is 2. The molecule has 9 heteroatoms. The van der Waals surface area contributed by atoms with E-state index in [0.717, 1.165) is 16.8 Å². The summed E-state index contributed by atoms with van der Waals surface area (Å²) in [7, 11) is 0. The first-order chi connectivity index (χ1) is 14.9. The maximum Gasteiger partial charge on any atom is 0.320 e. The van der Waals surface area contributed by atoms with E-state index in [4.69, 9.17) is 26.0 Å². The van der Waals surface area contributed by atoms with Gasteiger partial charge in [0.25, 0.3) is 5.89 Å². The number of carboxylic acid groups (broad SMARTS) is 1. The number of anilines is 1. The van der Waals surface area contributed by atoms with Gasteiger partial charge in [0.2, 0.25) is 5.82 Å². The molecule has 2 heterocycles. The minimum atomic E-state index is -0.824. The van der Waals surface area contributed by atoms with E-state index in [1.165, 1.54) is 0 Å². The second kappa shape index (κ2) is 8.95. The number of ether oxygens (including phenoxy) is 1. The van der Waals surface area contributed by atoms with Crippen LogP contribution in [-0.4, -0.2) is 45.9 Å². The molecule has 3 N–H and O–H groups in total. The first-order valence-corrected chi connectivity index (χ1v) is 10.4. The summed E-state index contributed by atoms with van der Waals surface area (Å²) in [5.41, 5.74) is 2.41. The highest BCUT2D eigenvalue weighted by molar-refractivity contribution is 6.32. The molecule has 0 radical (unpaired) electrons. The average molecular weight is 443 g/mol. The van der Waals surface area contributed by atoms with E-state index in [1.54, 1.807) is 12.1 Å². The highest BCUT2D eigenvalue weighted by atomic mass is 35.5. The summed E-state index contributed by atoms with van der Waals surface area (Å²) in [5, 5.41) is 20.0. The van der Waals surface area contributed by atoms with Crippen molar-refractivity contribution < 1.29 is 19.2 Å². The third-order valence-electron chi connectivity index (χ3n) is 4.91. The Balaban J connectivity index is 1.43. The zero-order valence-electron chi connectivity index (χ0n) is 17.1. The fourth-order valence-electron chi connectivity index (χ4n) is 3.43. The molecule has 1 saturated heterocycles. The summed E-state index contributed by atoms with van der Waals surface area (Å²) in [6, 6.07) is 12.5. The third kappa shape index (κ3) is 4.98. The van der Waals surface area contributed by atoms with Crippen LogP contribution in [0.5, 0.6) is 5.75 Å². The lowest BCUT2D eigenvalue weighted by Crippen LogP contribution is -2.30. The van der Waals surface area contributed by atoms with Gasteiger partial charge >= 0.3 is 5.97 Å². The number of halogens is 1. The summed E-state index contributed by atoms with van der Waals surface area (Å²) in [6.45, 7) is 4.48. The van der Waals surface area contributed by atoms with E-state index in [-0.39, 0.29) is 12.1 Å².